The van der Waals surface area contributed by atoms with Crippen molar-refractivity contribution < 1.29 is 36.3 Å². The lowest BCUT2D eigenvalue weighted by molar-refractivity contribution is -0.141. The van der Waals surface area contributed by atoms with Crippen molar-refractivity contribution in [3.05, 3.63) is 45.7 Å². The van der Waals surface area contributed by atoms with Crippen molar-refractivity contribution in [2.24, 2.45) is 5.92 Å². The Kier molecular flexibility index (Phi) is 5.86. The molecule has 1 aliphatic rings. The first-order valence-electron chi connectivity index (χ1n) is 7.90. The molecular weight excluding hydrogens is 375 g/mol. The van der Waals surface area contributed by atoms with Crippen molar-refractivity contribution >= 4 is 11.8 Å². The second-order valence-electron chi connectivity index (χ2n) is 6.26. The highest BCUT2D eigenvalue weighted by Crippen LogP contribution is 2.39. The van der Waals surface area contributed by atoms with Crippen LogP contribution in [0.25, 0.3) is 5.32 Å². The van der Waals surface area contributed by atoms with Gasteiger partial charge in [0.05, 0.1) is 18.2 Å². The number of esters is 1. The van der Waals surface area contributed by atoms with Crippen LogP contribution in [0.1, 0.15) is 57.9 Å². The molecule has 0 spiro atoms. The number of nitrogens with zero attached hydrogens (tertiary/aromatic N) is 2. The van der Waals surface area contributed by atoms with Crippen LogP contribution in [0, 0.1) is 5.92 Å². The first-order valence-corrected chi connectivity index (χ1v) is 7.90. The van der Waals surface area contributed by atoms with E-state index in [-0.39, 0.29) is 12.3 Å². The molecule has 0 radical (unpaired) electrons. The SMILES string of the molecule is COC(=O)c1c(C(F)F)nc(C(F)(F)F)c(C(=O)C2C=C[N-]2)c1CC(C)C. The van der Waals surface area contributed by atoms with Gasteiger partial charge in [0.25, 0.3) is 6.43 Å². The molecule has 1 aliphatic heterocycles. The first kappa shape index (κ1) is 20.8. The molecule has 0 saturated heterocycles. The third-order valence-corrected chi connectivity index (χ3v) is 3.84. The predicted octanol–water partition coefficient (Wildman–Crippen LogP) is 4.48. The number of hydrogen-bond acceptors (Lipinski definition) is 4. The Morgan fingerprint density at radius 3 is 2.22 bits per heavy atom. The van der Waals surface area contributed by atoms with E-state index in [2.05, 4.69) is 15.0 Å². The average molecular weight is 391 g/mol. The van der Waals surface area contributed by atoms with Gasteiger partial charge in [0, 0.05) is 0 Å². The number of aromatic nitrogens is 1. The number of ketones is 1. The molecule has 1 aromatic heterocycles. The summed E-state index contributed by atoms with van der Waals surface area (Å²) in [4.78, 5) is 27.7. The fourth-order valence-electron chi connectivity index (χ4n) is 2.70. The molecule has 2 heterocycles. The number of alkyl halides is 5. The first-order chi connectivity index (χ1) is 12.5. The number of carbonyl (C=O) groups excluding carboxylic acids is 2. The average Bonchev–Trinajstić information content (AvgIpc) is 2.49. The summed E-state index contributed by atoms with van der Waals surface area (Å²) in [5, 5.41) is 3.65. The van der Waals surface area contributed by atoms with Gasteiger partial charge in [-0.15, -0.1) is 6.08 Å². The summed E-state index contributed by atoms with van der Waals surface area (Å²) in [6, 6.07) is -1.18. The lowest BCUT2D eigenvalue weighted by Crippen LogP contribution is -2.30. The largest absolute Gasteiger partial charge is 0.679 e. The fourth-order valence-corrected chi connectivity index (χ4v) is 2.70. The molecule has 1 unspecified atom stereocenters. The smallest absolute Gasteiger partial charge is 0.434 e. The summed E-state index contributed by atoms with van der Waals surface area (Å²) >= 11 is 0. The van der Waals surface area contributed by atoms with Gasteiger partial charge in [0.1, 0.15) is 5.69 Å². The van der Waals surface area contributed by atoms with Crippen LogP contribution >= 0.6 is 0 Å². The van der Waals surface area contributed by atoms with Gasteiger partial charge in [-0.2, -0.15) is 19.4 Å². The third kappa shape index (κ3) is 4.09. The van der Waals surface area contributed by atoms with Crippen molar-refractivity contribution in [1.82, 2.24) is 4.98 Å². The quantitative estimate of drug-likeness (QED) is 0.407. The number of hydrogen-bond donors (Lipinski definition) is 0. The molecule has 0 fully saturated rings. The molecule has 148 valence electrons. The number of rotatable bonds is 6. The minimum Gasteiger partial charge on any atom is -0.679 e. The highest BCUT2D eigenvalue weighted by Gasteiger charge is 2.42. The summed E-state index contributed by atoms with van der Waals surface area (Å²) in [5.74, 6) is -2.68. The van der Waals surface area contributed by atoms with Crippen molar-refractivity contribution in [1.29, 1.82) is 0 Å². The molecule has 5 nitrogen and oxygen atoms in total. The maximum absolute atomic E-state index is 13.5. The Balaban J connectivity index is 2.93. The lowest BCUT2D eigenvalue weighted by atomic mass is 9.86. The van der Waals surface area contributed by atoms with E-state index in [1.165, 1.54) is 12.3 Å². The molecule has 0 N–H and O–H groups in total. The zero-order valence-corrected chi connectivity index (χ0v) is 14.6. The van der Waals surface area contributed by atoms with Crippen LogP contribution < -0.4 is 0 Å². The van der Waals surface area contributed by atoms with Gasteiger partial charge in [-0.3, -0.25) is 4.79 Å². The molecule has 1 aromatic rings. The number of pyridine rings is 1. The molecule has 10 heteroatoms. The normalized spacial score (nSPS) is 16.3. The monoisotopic (exact) mass is 391 g/mol. The predicted molar refractivity (Wildman–Crippen MR) is 84.7 cm³/mol. The second-order valence-corrected chi connectivity index (χ2v) is 6.26. The van der Waals surface area contributed by atoms with E-state index < -0.39 is 58.5 Å². The topological polar surface area (TPSA) is 70.4 Å². The maximum atomic E-state index is 13.5. The minimum absolute atomic E-state index is 0.229. The summed E-state index contributed by atoms with van der Waals surface area (Å²) in [7, 11) is 0.903. The Labute approximate surface area is 151 Å². The fraction of sp³-hybridized carbons (Fsp3) is 0.471. The maximum Gasteiger partial charge on any atom is 0.434 e. The Morgan fingerprint density at radius 2 is 1.85 bits per heavy atom. The van der Waals surface area contributed by atoms with Crippen LogP contribution in [0.4, 0.5) is 22.0 Å². The van der Waals surface area contributed by atoms with E-state index in [0.29, 0.717) is 0 Å². The van der Waals surface area contributed by atoms with Crippen LogP contribution in [-0.2, 0) is 17.3 Å². The number of halogens is 5. The van der Waals surface area contributed by atoms with Gasteiger partial charge in [0.2, 0.25) is 0 Å². The van der Waals surface area contributed by atoms with E-state index in [9.17, 15) is 31.5 Å². The highest BCUT2D eigenvalue weighted by molar-refractivity contribution is 6.08. The van der Waals surface area contributed by atoms with Gasteiger partial charge in [-0.25, -0.2) is 18.6 Å². The van der Waals surface area contributed by atoms with E-state index in [0.717, 1.165) is 7.11 Å². The summed E-state index contributed by atoms with van der Waals surface area (Å²) in [6.45, 7) is 3.22. The molecule has 27 heavy (non-hydrogen) atoms. The van der Waals surface area contributed by atoms with Crippen LogP contribution in [0.2, 0.25) is 0 Å². The Morgan fingerprint density at radius 1 is 1.26 bits per heavy atom. The van der Waals surface area contributed by atoms with E-state index in [4.69, 9.17) is 0 Å². The summed E-state index contributed by atoms with van der Waals surface area (Å²) in [5.41, 5.74) is -5.28. The highest BCUT2D eigenvalue weighted by atomic mass is 19.4. The van der Waals surface area contributed by atoms with Gasteiger partial charge in [-0.05, 0) is 23.9 Å². The Bertz CT molecular complexity index is 788. The zero-order valence-electron chi connectivity index (χ0n) is 14.6. The minimum atomic E-state index is -5.18. The van der Waals surface area contributed by atoms with Crippen LogP contribution in [0.5, 0.6) is 0 Å². The van der Waals surface area contributed by atoms with Gasteiger partial charge in [0.15, 0.2) is 11.5 Å². The van der Waals surface area contributed by atoms with Gasteiger partial charge in [-0.1, -0.05) is 13.8 Å². The second kappa shape index (κ2) is 7.61. The number of Topliss-reactive ketones (excluding diaryl/α,β-unsaturated/α-hetero) is 1. The van der Waals surface area contributed by atoms with Crippen LogP contribution in [0.3, 0.4) is 0 Å². The summed E-state index contributed by atoms with van der Waals surface area (Å²) in [6.07, 6.45) is -6.38. The molecule has 0 amide bonds. The summed E-state index contributed by atoms with van der Waals surface area (Å²) < 4.78 is 72.0. The number of ether oxygens (including phenoxy) is 1. The van der Waals surface area contributed by atoms with E-state index >= 15 is 0 Å². The van der Waals surface area contributed by atoms with Gasteiger partial charge >= 0.3 is 12.1 Å². The zero-order chi connectivity index (χ0) is 20.5. The molecular formula is C17H16F5N2O3-. The van der Waals surface area contributed by atoms with Crippen molar-refractivity contribution in [3.8, 4) is 0 Å². The van der Waals surface area contributed by atoms with Crippen molar-refractivity contribution in [2.75, 3.05) is 7.11 Å². The third-order valence-electron chi connectivity index (χ3n) is 3.84. The van der Waals surface area contributed by atoms with E-state index in [1.807, 2.05) is 0 Å². The lowest BCUT2D eigenvalue weighted by Gasteiger charge is -2.35. The van der Waals surface area contributed by atoms with Gasteiger partial charge < -0.3 is 10.1 Å². The molecule has 0 aliphatic carbocycles. The Hall–Kier alpha value is -2.52. The van der Waals surface area contributed by atoms with Crippen molar-refractivity contribution in [3.63, 3.8) is 0 Å². The molecule has 0 aromatic carbocycles. The number of carbonyl (C=O) groups is 2. The molecule has 1 atom stereocenters. The van der Waals surface area contributed by atoms with Crippen LogP contribution in [-0.4, -0.2) is 29.9 Å². The standard InChI is InChI=1S/C17H16F5N2O3/c1-7(2)6-8-10(16(26)27-3)12(15(18)19)24-14(17(20,21)22)11(8)13(25)9-4-5-23-9/h4-5,7,9,15H,6H2,1-3H3/q-1. The van der Waals surface area contributed by atoms with Crippen molar-refractivity contribution in [2.45, 2.75) is 38.9 Å². The molecule has 2 rings (SSSR count). The molecule has 0 saturated carbocycles. The van der Waals surface area contributed by atoms with Crippen LogP contribution in [0.15, 0.2) is 12.3 Å². The molecule has 0 bridgehead atoms. The van der Waals surface area contributed by atoms with E-state index in [1.54, 1.807) is 13.8 Å². The number of methoxy groups -OCH3 is 1.